The van der Waals surface area contributed by atoms with E-state index in [1.807, 2.05) is 36.4 Å². The first-order valence-corrected chi connectivity index (χ1v) is 13.8. The summed E-state index contributed by atoms with van der Waals surface area (Å²) in [6, 6.07) is 14.2. The van der Waals surface area contributed by atoms with Gasteiger partial charge in [-0.1, -0.05) is 24.3 Å². The average molecular weight is 506 g/mol. The third-order valence-corrected chi connectivity index (χ3v) is 7.89. The summed E-state index contributed by atoms with van der Waals surface area (Å²) in [7, 11) is 0. The highest BCUT2D eigenvalue weighted by molar-refractivity contribution is 5.80. The molecule has 4 heterocycles. The van der Waals surface area contributed by atoms with Crippen LogP contribution in [0.1, 0.15) is 58.9 Å². The molecule has 2 fully saturated rings. The van der Waals surface area contributed by atoms with Crippen LogP contribution in [0.3, 0.4) is 0 Å². The van der Waals surface area contributed by atoms with Gasteiger partial charge in [0.15, 0.2) is 0 Å². The minimum atomic E-state index is -0.870. The summed E-state index contributed by atoms with van der Waals surface area (Å²) in [5.74, 6) is 0.663. The van der Waals surface area contributed by atoms with E-state index in [9.17, 15) is 5.11 Å². The molecule has 1 atom stereocenters. The number of piperidine rings is 1. The van der Waals surface area contributed by atoms with Crippen LogP contribution in [0, 0.1) is 0 Å². The van der Waals surface area contributed by atoms with Gasteiger partial charge in [-0.25, -0.2) is 4.52 Å². The van der Waals surface area contributed by atoms with Gasteiger partial charge in [0.1, 0.15) is 0 Å². The zero-order valence-corrected chi connectivity index (χ0v) is 23.1. The van der Waals surface area contributed by atoms with E-state index in [1.54, 1.807) is 0 Å². The van der Waals surface area contributed by atoms with Gasteiger partial charge in [-0.15, -0.1) is 0 Å². The zero-order chi connectivity index (χ0) is 26.2. The van der Waals surface area contributed by atoms with Gasteiger partial charge in [0.2, 0.25) is 6.41 Å². The molecule has 0 saturated carbocycles. The van der Waals surface area contributed by atoms with Crippen molar-refractivity contribution in [2.75, 3.05) is 44.2 Å². The minimum absolute atomic E-state index is 0.375. The lowest BCUT2D eigenvalue weighted by Gasteiger charge is -2.39. The molecule has 7 heteroatoms. The minimum Gasteiger partial charge on any atom is -0.367 e. The predicted octanol–water partition coefficient (Wildman–Crippen LogP) is 4.80. The van der Waals surface area contributed by atoms with Crippen LogP contribution in [-0.4, -0.2) is 81.8 Å². The number of aliphatic hydroxyl groups is 1. The van der Waals surface area contributed by atoms with E-state index in [2.05, 4.69) is 71.3 Å². The molecule has 0 amide bonds. The highest BCUT2D eigenvalue weighted by atomic mass is 16.6. The number of benzene rings is 1. The first-order valence-electron chi connectivity index (χ1n) is 13.8. The van der Waals surface area contributed by atoms with Crippen LogP contribution in [0.5, 0.6) is 0 Å². The fourth-order valence-corrected chi connectivity index (χ4v) is 5.70. The Morgan fingerprint density at radius 1 is 0.892 bits per heavy atom. The molecule has 2 aliphatic rings. The molecule has 200 valence electrons. The van der Waals surface area contributed by atoms with Crippen molar-refractivity contribution in [1.29, 1.82) is 0 Å². The van der Waals surface area contributed by atoms with Crippen LogP contribution in [-0.2, 0) is 4.74 Å². The Hall–Kier alpha value is -2.45. The summed E-state index contributed by atoms with van der Waals surface area (Å²) in [5.41, 5.74) is 5.80. The van der Waals surface area contributed by atoms with Gasteiger partial charge in [-0.3, -0.25) is 4.90 Å². The molecule has 2 aromatic heterocycles. The smallest absolute Gasteiger partial charge is 0.216 e. The van der Waals surface area contributed by atoms with Crippen LogP contribution in [0.4, 0.5) is 5.69 Å². The molecule has 1 aromatic carbocycles. The molecule has 7 nitrogen and oxygen atoms in total. The van der Waals surface area contributed by atoms with Crippen LogP contribution in [0.25, 0.3) is 16.6 Å². The summed E-state index contributed by atoms with van der Waals surface area (Å²) in [6.45, 7) is 16.0. The molecule has 1 unspecified atom stereocenters. The quantitative estimate of drug-likeness (QED) is 0.486. The number of hydrogen-bond donors (Lipinski definition) is 1. The predicted molar refractivity (Wildman–Crippen MR) is 150 cm³/mol. The summed E-state index contributed by atoms with van der Waals surface area (Å²) in [6.07, 6.45) is 5.63. The Labute approximate surface area is 221 Å². The van der Waals surface area contributed by atoms with E-state index in [4.69, 9.17) is 4.74 Å². The van der Waals surface area contributed by atoms with Gasteiger partial charge in [0.25, 0.3) is 0 Å². The summed E-state index contributed by atoms with van der Waals surface area (Å²) >= 11 is 0. The Morgan fingerprint density at radius 2 is 1.57 bits per heavy atom. The lowest BCUT2D eigenvalue weighted by Crippen LogP contribution is -2.52. The second-order valence-electron chi connectivity index (χ2n) is 11.9. The first-order chi connectivity index (χ1) is 17.7. The fourth-order valence-electron chi connectivity index (χ4n) is 5.70. The highest BCUT2D eigenvalue weighted by Gasteiger charge is 2.27. The molecule has 5 rings (SSSR count). The van der Waals surface area contributed by atoms with E-state index in [-0.39, 0.29) is 5.60 Å². The number of piperazine rings is 1. The monoisotopic (exact) mass is 505 g/mol. The molecule has 2 aliphatic heterocycles. The van der Waals surface area contributed by atoms with Crippen LogP contribution in [0.2, 0.25) is 0 Å². The largest absolute Gasteiger partial charge is 0.367 e. The van der Waals surface area contributed by atoms with Crippen LogP contribution < -0.4 is 4.90 Å². The van der Waals surface area contributed by atoms with Gasteiger partial charge in [-0.05, 0) is 89.7 Å². The van der Waals surface area contributed by atoms with Crippen molar-refractivity contribution in [3.63, 3.8) is 0 Å². The standard InChI is InChI=1S/C30H43N5O2/c1-22(2)32-14-11-25(12-15-32)23-6-8-24(9-7-23)26-20-28-27(10-13-31-35(28)21-26)33-16-18-34(19-17-33)29(36)37-30(3,4)5/h6-10,13,20-22,25,29,36H,11-12,14-19H2,1-5H3. The number of anilines is 1. The van der Waals surface area contributed by atoms with Crippen molar-refractivity contribution in [2.24, 2.45) is 0 Å². The van der Waals surface area contributed by atoms with Gasteiger partial charge in [0.05, 0.1) is 16.8 Å². The molecule has 3 aromatic rings. The molecule has 1 N–H and O–H groups in total. The van der Waals surface area contributed by atoms with Crippen molar-refractivity contribution < 1.29 is 9.84 Å². The maximum atomic E-state index is 10.5. The highest BCUT2D eigenvalue weighted by Crippen LogP contribution is 2.32. The van der Waals surface area contributed by atoms with Crippen molar-refractivity contribution in [3.05, 3.63) is 54.4 Å². The normalized spacial score (nSPS) is 19.7. The van der Waals surface area contributed by atoms with E-state index < -0.39 is 6.41 Å². The maximum absolute atomic E-state index is 10.5. The lowest BCUT2D eigenvalue weighted by molar-refractivity contribution is -0.239. The van der Waals surface area contributed by atoms with Crippen molar-refractivity contribution >= 4 is 11.2 Å². The van der Waals surface area contributed by atoms with Gasteiger partial charge >= 0.3 is 0 Å². The lowest BCUT2D eigenvalue weighted by atomic mass is 9.88. The SMILES string of the molecule is CC(C)N1CCC(c2ccc(-c3cc4c(N5CCN(C(O)OC(C)(C)C)CC5)ccnn4c3)cc2)CC1. The molecule has 0 spiro atoms. The number of likely N-dealkylation sites (tertiary alicyclic amines) is 1. The third kappa shape index (κ3) is 6.01. The molecule has 0 bridgehead atoms. The number of aliphatic hydroxyl groups excluding tert-OH is 1. The van der Waals surface area contributed by atoms with E-state index in [0.29, 0.717) is 12.0 Å². The Kier molecular flexibility index (Phi) is 7.59. The van der Waals surface area contributed by atoms with Gasteiger partial charge in [0, 0.05) is 50.2 Å². The number of ether oxygens (including phenoxy) is 1. The topological polar surface area (TPSA) is 56.5 Å². The second-order valence-corrected chi connectivity index (χ2v) is 11.9. The second kappa shape index (κ2) is 10.7. The molecular weight excluding hydrogens is 462 g/mol. The average Bonchev–Trinajstić information content (AvgIpc) is 3.33. The number of aromatic nitrogens is 2. The molecular formula is C30H43N5O2. The fraction of sp³-hybridized carbons (Fsp3) is 0.567. The van der Waals surface area contributed by atoms with E-state index in [1.165, 1.54) is 48.3 Å². The van der Waals surface area contributed by atoms with E-state index >= 15 is 0 Å². The number of rotatable bonds is 6. The van der Waals surface area contributed by atoms with Crippen LogP contribution in [0.15, 0.2) is 48.8 Å². The van der Waals surface area contributed by atoms with Crippen molar-refractivity contribution in [2.45, 2.75) is 71.4 Å². The Balaban J connectivity index is 1.27. The molecule has 0 aliphatic carbocycles. The van der Waals surface area contributed by atoms with Gasteiger partial charge < -0.3 is 19.6 Å². The maximum Gasteiger partial charge on any atom is 0.216 e. The van der Waals surface area contributed by atoms with Gasteiger partial charge in [-0.2, -0.15) is 5.10 Å². The zero-order valence-electron chi connectivity index (χ0n) is 23.1. The Morgan fingerprint density at radius 3 is 2.19 bits per heavy atom. The van der Waals surface area contributed by atoms with Crippen LogP contribution >= 0.6 is 0 Å². The third-order valence-electron chi connectivity index (χ3n) is 7.89. The first kappa shape index (κ1) is 26.2. The molecule has 2 saturated heterocycles. The van der Waals surface area contributed by atoms with E-state index in [0.717, 1.165) is 31.7 Å². The summed E-state index contributed by atoms with van der Waals surface area (Å²) in [4.78, 5) is 6.97. The number of nitrogens with zero attached hydrogens (tertiary/aromatic N) is 5. The van der Waals surface area contributed by atoms with Crippen molar-refractivity contribution in [1.82, 2.24) is 19.4 Å². The molecule has 37 heavy (non-hydrogen) atoms. The Bertz CT molecular complexity index is 1170. The molecule has 0 radical (unpaired) electrons. The van der Waals surface area contributed by atoms with Crippen molar-refractivity contribution in [3.8, 4) is 11.1 Å². The summed E-state index contributed by atoms with van der Waals surface area (Å²) < 4.78 is 7.74. The number of hydrogen-bond acceptors (Lipinski definition) is 6. The number of fused-ring (bicyclic) bond motifs is 1. The summed E-state index contributed by atoms with van der Waals surface area (Å²) in [5, 5.41) is 15.1.